The Morgan fingerprint density at radius 1 is 0.920 bits per heavy atom. The van der Waals surface area contributed by atoms with E-state index in [4.69, 9.17) is 4.74 Å². The third-order valence-corrected chi connectivity index (χ3v) is 4.49. The van der Waals surface area contributed by atoms with Gasteiger partial charge in [-0.3, -0.25) is 4.79 Å². The van der Waals surface area contributed by atoms with Crippen molar-refractivity contribution in [3.8, 4) is 0 Å². The van der Waals surface area contributed by atoms with E-state index in [1.807, 2.05) is 0 Å². The van der Waals surface area contributed by atoms with E-state index in [2.05, 4.69) is 5.32 Å². The van der Waals surface area contributed by atoms with Crippen LogP contribution >= 0.6 is 0 Å². The van der Waals surface area contributed by atoms with Crippen LogP contribution in [0.5, 0.6) is 0 Å². The highest BCUT2D eigenvalue weighted by Gasteiger charge is 2.40. The van der Waals surface area contributed by atoms with E-state index in [-0.39, 0.29) is 18.2 Å². The van der Waals surface area contributed by atoms with E-state index in [1.165, 1.54) is 0 Å². The van der Waals surface area contributed by atoms with E-state index in [1.54, 1.807) is 0 Å². The van der Waals surface area contributed by atoms with Crippen molar-refractivity contribution >= 4 is 5.78 Å². The largest absolute Gasteiger partial charge is 0.416 e. The molecule has 2 fully saturated rings. The van der Waals surface area contributed by atoms with E-state index in [0.29, 0.717) is 38.2 Å². The number of ether oxygens (including phenoxy) is 1. The zero-order chi connectivity index (χ0) is 18.4. The first-order valence-corrected chi connectivity index (χ1v) is 7.71. The van der Waals surface area contributed by atoms with Crippen molar-refractivity contribution in [3.05, 3.63) is 34.9 Å². The van der Waals surface area contributed by atoms with Crippen LogP contribution in [-0.2, 0) is 17.1 Å². The maximum atomic E-state index is 12.9. The predicted molar refractivity (Wildman–Crippen MR) is 75.0 cm³/mol. The molecule has 1 aromatic rings. The standard InChI is InChI=1S/C16H15F6NO2/c17-15(18,19)10-1-8(2-11(5-10)16(20,21)22)14(24)9-3-12-6-25-7-13(4-9)23-12/h1-2,5,9,12-13,23H,3-4,6-7H2. The number of hydrogen-bond donors (Lipinski definition) is 1. The second-order valence-corrected chi connectivity index (χ2v) is 6.43. The second-order valence-electron chi connectivity index (χ2n) is 6.43. The summed E-state index contributed by atoms with van der Waals surface area (Å²) in [5.41, 5.74) is -3.49. The molecule has 2 aliphatic rings. The minimum Gasteiger partial charge on any atom is -0.378 e. The van der Waals surface area contributed by atoms with Gasteiger partial charge in [0.2, 0.25) is 0 Å². The molecular formula is C16H15F6NO2. The van der Waals surface area contributed by atoms with Gasteiger partial charge in [0.05, 0.1) is 24.3 Å². The van der Waals surface area contributed by atoms with Gasteiger partial charge in [-0.2, -0.15) is 26.3 Å². The van der Waals surface area contributed by atoms with Gasteiger partial charge >= 0.3 is 12.4 Å². The molecular weight excluding hydrogens is 352 g/mol. The Bertz CT molecular complexity index is 625. The van der Waals surface area contributed by atoms with Gasteiger partial charge in [-0.25, -0.2) is 0 Å². The lowest BCUT2D eigenvalue weighted by molar-refractivity contribution is -0.143. The molecule has 25 heavy (non-hydrogen) atoms. The smallest absolute Gasteiger partial charge is 0.378 e. The first-order chi connectivity index (χ1) is 11.5. The minimum absolute atomic E-state index is 0.0295. The Hall–Kier alpha value is -1.61. The number of morpholine rings is 1. The Kier molecular flexibility index (Phi) is 4.57. The summed E-state index contributed by atoms with van der Waals surface area (Å²) in [6.07, 6.45) is -9.27. The van der Waals surface area contributed by atoms with E-state index >= 15 is 0 Å². The van der Waals surface area contributed by atoms with Gasteiger partial charge in [-0.1, -0.05) is 0 Å². The number of fused-ring (bicyclic) bond motifs is 2. The molecule has 2 unspecified atom stereocenters. The van der Waals surface area contributed by atoms with Crippen molar-refractivity contribution in [1.29, 1.82) is 0 Å². The molecule has 0 radical (unpaired) electrons. The molecule has 138 valence electrons. The number of nitrogens with one attached hydrogen (secondary N) is 1. The summed E-state index contributed by atoms with van der Waals surface area (Å²) in [7, 11) is 0. The van der Waals surface area contributed by atoms with Crippen LogP contribution in [0.1, 0.15) is 34.3 Å². The SMILES string of the molecule is O=C(c1cc(C(F)(F)F)cc(C(F)(F)F)c1)C1CC2COCC(C1)N2. The van der Waals surface area contributed by atoms with Crippen molar-refractivity contribution in [2.75, 3.05) is 13.2 Å². The summed E-state index contributed by atoms with van der Waals surface area (Å²) >= 11 is 0. The maximum Gasteiger partial charge on any atom is 0.416 e. The molecule has 0 aromatic heterocycles. The Balaban J connectivity index is 1.94. The van der Waals surface area contributed by atoms with Crippen molar-refractivity contribution in [1.82, 2.24) is 5.32 Å². The lowest BCUT2D eigenvalue weighted by Gasteiger charge is -2.39. The first kappa shape index (κ1) is 18.2. The van der Waals surface area contributed by atoms with Gasteiger partial charge in [0, 0.05) is 23.6 Å². The molecule has 0 aliphatic carbocycles. The predicted octanol–water partition coefficient (Wildman–Crippen LogP) is 3.67. The Labute approximate surface area is 139 Å². The van der Waals surface area contributed by atoms with Crippen LogP contribution in [-0.4, -0.2) is 31.1 Å². The molecule has 2 aliphatic heterocycles. The molecule has 0 saturated carbocycles. The lowest BCUT2D eigenvalue weighted by atomic mass is 9.81. The molecule has 2 atom stereocenters. The van der Waals surface area contributed by atoms with Crippen LogP contribution in [0.2, 0.25) is 0 Å². The third kappa shape index (κ3) is 3.98. The minimum atomic E-state index is -4.96. The number of carbonyl (C=O) groups excluding carboxylic acids is 1. The molecule has 0 amide bonds. The summed E-state index contributed by atoms with van der Waals surface area (Å²) < 4.78 is 82.9. The quantitative estimate of drug-likeness (QED) is 0.640. The number of alkyl halides is 6. The van der Waals surface area contributed by atoms with Crippen molar-refractivity contribution in [2.45, 2.75) is 37.3 Å². The van der Waals surface area contributed by atoms with Gasteiger partial charge < -0.3 is 10.1 Å². The van der Waals surface area contributed by atoms with Crippen molar-refractivity contribution < 1.29 is 35.9 Å². The number of piperidine rings is 1. The topological polar surface area (TPSA) is 38.3 Å². The summed E-state index contributed by atoms with van der Waals surface area (Å²) in [6, 6.07) is 0.809. The van der Waals surface area contributed by atoms with Gasteiger partial charge in [0.25, 0.3) is 0 Å². The summed E-state index contributed by atoms with van der Waals surface area (Å²) in [5.74, 6) is -1.31. The van der Waals surface area contributed by atoms with E-state index < -0.39 is 40.7 Å². The Morgan fingerprint density at radius 2 is 1.40 bits per heavy atom. The third-order valence-electron chi connectivity index (χ3n) is 4.49. The van der Waals surface area contributed by atoms with Gasteiger partial charge in [0.1, 0.15) is 0 Å². The van der Waals surface area contributed by atoms with E-state index in [9.17, 15) is 31.1 Å². The summed E-state index contributed by atoms with van der Waals surface area (Å²) in [5, 5.41) is 3.22. The van der Waals surface area contributed by atoms with Crippen LogP contribution in [0, 0.1) is 5.92 Å². The number of ketones is 1. The van der Waals surface area contributed by atoms with Gasteiger partial charge in [-0.05, 0) is 31.0 Å². The fraction of sp³-hybridized carbons (Fsp3) is 0.562. The van der Waals surface area contributed by atoms with Crippen molar-refractivity contribution in [3.63, 3.8) is 0 Å². The zero-order valence-corrected chi connectivity index (χ0v) is 12.9. The molecule has 3 rings (SSSR count). The highest BCUT2D eigenvalue weighted by Crippen LogP contribution is 2.37. The fourth-order valence-corrected chi connectivity index (χ4v) is 3.38. The Morgan fingerprint density at radius 3 is 1.84 bits per heavy atom. The first-order valence-electron chi connectivity index (χ1n) is 7.71. The summed E-state index contributed by atoms with van der Waals surface area (Å²) in [6.45, 7) is 0.743. The van der Waals surface area contributed by atoms with Crippen LogP contribution in [0.25, 0.3) is 0 Å². The lowest BCUT2D eigenvalue weighted by Crippen LogP contribution is -2.55. The molecule has 1 aromatic carbocycles. The number of halogens is 6. The molecule has 2 bridgehead atoms. The average Bonchev–Trinajstić information content (AvgIpc) is 2.51. The molecule has 3 nitrogen and oxygen atoms in total. The fourth-order valence-electron chi connectivity index (χ4n) is 3.38. The number of Topliss-reactive ketones (excluding diaryl/α,β-unsaturated/α-hetero) is 1. The number of rotatable bonds is 2. The van der Waals surface area contributed by atoms with Crippen LogP contribution in [0.15, 0.2) is 18.2 Å². The van der Waals surface area contributed by atoms with Crippen molar-refractivity contribution in [2.24, 2.45) is 5.92 Å². The normalized spacial score (nSPS) is 27.2. The monoisotopic (exact) mass is 367 g/mol. The second kappa shape index (κ2) is 6.28. The van der Waals surface area contributed by atoms with Gasteiger partial charge in [-0.15, -0.1) is 0 Å². The van der Waals surface area contributed by atoms with E-state index in [0.717, 1.165) is 0 Å². The number of hydrogen-bond acceptors (Lipinski definition) is 3. The number of carbonyl (C=O) groups is 1. The van der Waals surface area contributed by atoms with Gasteiger partial charge in [0.15, 0.2) is 5.78 Å². The number of benzene rings is 1. The molecule has 2 saturated heterocycles. The van der Waals surface area contributed by atoms with Crippen LogP contribution in [0.3, 0.4) is 0 Å². The maximum absolute atomic E-state index is 12.9. The molecule has 9 heteroatoms. The van der Waals surface area contributed by atoms with Crippen LogP contribution in [0.4, 0.5) is 26.3 Å². The highest BCUT2D eigenvalue weighted by atomic mass is 19.4. The molecule has 0 spiro atoms. The average molecular weight is 367 g/mol. The summed E-state index contributed by atoms with van der Waals surface area (Å²) in [4.78, 5) is 12.6. The highest BCUT2D eigenvalue weighted by molar-refractivity contribution is 5.98. The molecule has 2 heterocycles. The molecule has 1 N–H and O–H groups in total. The van der Waals surface area contributed by atoms with Crippen LogP contribution < -0.4 is 5.32 Å². The zero-order valence-electron chi connectivity index (χ0n) is 12.9.